The predicted molar refractivity (Wildman–Crippen MR) is 66.8 cm³/mol. The average Bonchev–Trinajstić information content (AvgIpc) is 2.93. The van der Waals surface area contributed by atoms with Crippen LogP contribution in [-0.2, 0) is 9.59 Å². The molecule has 1 unspecified atom stereocenters. The van der Waals surface area contributed by atoms with Crippen molar-refractivity contribution < 1.29 is 9.59 Å². The number of rotatable bonds is 5. The standard InChI is InChI=1S/C11H19N3O2.ClH/c12-11(16)9-2-1-5-14(9)10(15)7-13-6-8-3-4-8;/h8-9,13H,1-7H2,(H2,12,16);1H. The molecule has 1 aliphatic carbocycles. The van der Waals surface area contributed by atoms with Crippen LogP contribution in [0.1, 0.15) is 25.7 Å². The second kappa shape index (κ2) is 6.21. The molecule has 5 nitrogen and oxygen atoms in total. The number of carbonyl (C=O) groups excluding carboxylic acids is 2. The van der Waals surface area contributed by atoms with Crippen molar-refractivity contribution in [2.75, 3.05) is 19.6 Å². The molecule has 2 aliphatic rings. The fourth-order valence-corrected chi connectivity index (χ4v) is 2.17. The van der Waals surface area contributed by atoms with Crippen molar-refractivity contribution in [2.45, 2.75) is 31.7 Å². The molecule has 0 spiro atoms. The van der Waals surface area contributed by atoms with Crippen LogP contribution in [0.15, 0.2) is 0 Å². The van der Waals surface area contributed by atoms with Crippen LogP contribution in [0, 0.1) is 5.92 Å². The first-order valence-electron chi connectivity index (χ1n) is 5.98. The highest BCUT2D eigenvalue weighted by Crippen LogP contribution is 2.27. The molecule has 1 saturated carbocycles. The Kier molecular flexibility index (Phi) is 5.21. The van der Waals surface area contributed by atoms with Crippen LogP contribution in [0.2, 0.25) is 0 Å². The lowest BCUT2D eigenvalue weighted by Crippen LogP contribution is -2.47. The van der Waals surface area contributed by atoms with E-state index in [4.69, 9.17) is 5.73 Å². The first-order chi connectivity index (χ1) is 7.68. The van der Waals surface area contributed by atoms with Gasteiger partial charge < -0.3 is 16.0 Å². The maximum Gasteiger partial charge on any atom is 0.240 e. The summed E-state index contributed by atoms with van der Waals surface area (Å²) in [4.78, 5) is 24.5. The molecule has 1 saturated heterocycles. The third-order valence-electron chi connectivity index (χ3n) is 3.31. The number of nitrogens with one attached hydrogen (secondary N) is 1. The van der Waals surface area contributed by atoms with Crippen LogP contribution in [0.4, 0.5) is 0 Å². The predicted octanol–water partition coefficient (Wildman–Crippen LogP) is -0.116. The molecule has 0 radical (unpaired) electrons. The first-order valence-corrected chi connectivity index (χ1v) is 5.98. The Labute approximate surface area is 108 Å². The van der Waals surface area contributed by atoms with E-state index in [-0.39, 0.29) is 30.3 Å². The van der Waals surface area contributed by atoms with E-state index in [0.29, 0.717) is 19.5 Å². The zero-order chi connectivity index (χ0) is 11.5. The van der Waals surface area contributed by atoms with Gasteiger partial charge in [-0.25, -0.2) is 0 Å². The molecule has 98 valence electrons. The van der Waals surface area contributed by atoms with E-state index in [1.807, 2.05) is 0 Å². The number of nitrogens with zero attached hydrogens (tertiary/aromatic N) is 1. The van der Waals surface area contributed by atoms with Gasteiger partial charge in [-0.15, -0.1) is 12.4 Å². The second-order valence-corrected chi connectivity index (χ2v) is 4.72. The molecule has 6 heteroatoms. The molecule has 1 heterocycles. The topological polar surface area (TPSA) is 75.4 Å². The SMILES string of the molecule is Cl.NC(=O)C1CCCN1C(=O)CNCC1CC1. The molecule has 2 fully saturated rings. The van der Waals surface area contributed by atoms with Gasteiger partial charge in [0.15, 0.2) is 0 Å². The monoisotopic (exact) mass is 261 g/mol. The van der Waals surface area contributed by atoms with Crippen molar-refractivity contribution in [2.24, 2.45) is 11.7 Å². The van der Waals surface area contributed by atoms with Crippen molar-refractivity contribution in [3.05, 3.63) is 0 Å². The quantitative estimate of drug-likeness (QED) is 0.725. The second-order valence-electron chi connectivity index (χ2n) is 4.72. The van der Waals surface area contributed by atoms with Crippen molar-refractivity contribution in [3.63, 3.8) is 0 Å². The lowest BCUT2D eigenvalue weighted by Gasteiger charge is -2.22. The molecular weight excluding hydrogens is 242 g/mol. The molecular formula is C11H20ClN3O2. The van der Waals surface area contributed by atoms with Crippen LogP contribution in [0.3, 0.4) is 0 Å². The molecule has 3 N–H and O–H groups in total. The lowest BCUT2D eigenvalue weighted by molar-refractivity contribution is -0.136. The van der Waals surface area contributed by atoms with Gasteiger partial charge in [-0.05, 0) is 38.1 Å². The number of halogens is 1. The van der Waals surface area contributed by atoms with Crippen LogP contribution in [-0.4, -0.2) is 42.4 Å². The molecule has 1 atom stereocenters. The number of amides is 2. The summed E-state index contributed by atoms with van der Waals surface area (Å²) in [6.45, 7) is 1.92. The number of primary amides is 1. The lowest BCUT2D eigenvalue weighted by atomic mass is 10.2. The van der Waals surface area contributed by atoms with Gasteiger partial charge in [0.2, 0.25) is 11.8 Å². The number of carbonyl (C=O) groups is 2. The average molecular weight is 262 g/mol. The fraction of sp³-hybridized carbons (Fsp3) is 0.818. The summed E-state index contributed by atoms with van der Waals surface area (Å²) in [5, 5.41) is 3.14. The maximum atomic E-state index is 11.8. The van der Waals surface area contributed by atoms with Gasteiger partial charge in [-0.2, -0.15) is 0 Å². The van der Waals surface area contributed by atoms with Crippen LogP contribution in [0.25, 0.3) is 0 Å². The van der Waals surface area contributed by atoms with E-state index in [0.717, 1.165) is 18.9 Å². The van der Waals surface area contributed by atoms with Crippen molar-refractivity contribution in [3.8, 4) is 0 Å². The zero-order valence-electron chi connectivity index (χ0n) is 9.85. The van der Waals surface area contributed by atoms with E-state index in [1.54, 1.807) is 4.90 Å². The van der Waals surface area contributed by atoms with Gasteiger partial charge in [-0.3, -0.25) is 9.59 Å². The van der Waals surface area contributed by atoms with Crippen LogP contribution in [0.5, 0.6) is 0 Å². The minimum Gasteiger partial charge on any atom is -0.368 e. The third-order valence-corrected chi connectivity index (χ3v) is 3.31. The van der Waals surface area contributed by atoms with Crippen LogP contribution < -0.4 is 11.1 Å². The minimum absolute atomic E-state index is 0. The summed E-state index contributed by atoms with van der Waals surface area (Å²) in [7, 11) is 0. The van der Waals surface area contributed by atoms with Crippen molar-refractivity contribution in [1.82, 2.24) is 10.2 Å². The highest BCUT2D eigenvalue weighted by molar-refractivity contribution is 5.88. The van der Waals surface area contributed by atoms with Gasteiger partial charge in [-0.1, -0.05) is 0 Å². The molecule has 0 aromatic heterocycles. The molecule has 0 aromatic carbocycles. The Bertz CT molecular complexity index is 294. The van der Waals surface area contributed by atoms with Crippen LogP contribution >= 0.6 is 12.4 Å². The van der Waals surface area contributed by atoms with Crippen molar-refractivity contribution >= 4 is 24.2 Å². The van der Waals surface area contributed by atoms with Gasteiger partial charge >= 0.3 is 0 Å². The van der Waals surface area contributed by atoms with Gasteiger partial charge in [0.05, 0.1) is 6.54 Å². The highest BCUT2D eigenvalue weighted by Gasteiger charge is 2.32. The van der Waals surface area contributed by atoms with E-state index in [1.165, 1.54) is 12.8 Å². The molecule has 0 aromatic rings. The first kappa shape index (κ1) is 14.3. The molecule has 1 aliphatic heterocycles. The molecule has 17 heavy (non-hydrogen) atoms. The Morgan fingerprint density at radius 1 is 1.29 bits per heavy atom. The minimum atomic E-state index is -0.381. The largest absolute Gasteiger partial charge is 0.368 e. The van der Waals surface area contributed by atoms with E-state index in [9.17, 15) is 9.59 Å². The highest BCUT2D eigenvalue weighted by atomic mass is 35.5. The fourth-order valence-electron chi connectivity index (χ4n) is 2.17. The number of hydrogen-bond donors (Lipinski definition) is 2. The Balaban J connectivity index is 0.00000144. The van der Waals surface area contributed by atoms with E-state index in [2.05, 4.69) is 5.32 Å². The third kappa shape index (κ3) is 3.85. The van der Waals surface area contributed by atoms with Gasteiger partial charge in [0.25, 0.3) is 0 Å². The normalized spacial score (nSPS) is 23.3. The zero-order valence-corrected chi connectivity index (χ0v) is 10.7. The number of nitrogens with two attached hydrogens (primary N) is 1. The van der Waals surface area contributed by atoms with Gasteiger partial charge in [0.1, 0.15) is 6.04 Å². The number of hydrogen-bond acceptors (Lipinski definition) is 3. The summed E-state index contributed by atoms with van der Waals surface area (Å²) in [6, 6.07) is -0.379. The van der Waals surface area contributed by atoms with E-state index >= 15 is 0 Å². The smallest absolute Gasteiger partial charge is 0.240 e. The number of likely N-dealkylation sites (tertiary alicyclic amines) is 1. The summed E-state index contributed by atoms with van der Waals surface area (Å²) in [5.41, 5.74) is 5.26. The summed E-state index contributed by atoms with van der Waals surface area (Å²) in [5.74, 6) is 0.383. The Morgan fingerprint density at radius 3 is 2.59 bits per heavy atom. The Hall–Kier alpha value is -0.810. The summed E-state index contributed by atoms with van der Waals surface area (Å²) >= 11 is 0. The van der Waals surface area contributed by atoms with Crippen molar-refractivity contribution in [1.29, 1.82) is 0 Å². The van der Waals surface area contributed by atoms with E-state index < -0.39 is 0 Å². The molecule has 2 amide bonds. The summed E-state index contributed by atoms with van der Waals surface area (Å²) < 4.78 is 0. The summed E-state index contributed by atoms with van der Waals surface area (Å²) in [6.07, 6.45) is 4.13. The maximum absolute atomic E-state index is 11.8. The molecule has 0 bridgehead atoms. The Morgan fingerprint density at radius 2 is 2.00 bits per heavy atom. The molecule has 2 rings (SSSR count). The van der Waals surface area contributed by atoms with Gasteiger partial charge in [0, 0.05) is 6.54 Å².